The highest BCUT2D eigenvalue weighted by Crippen LogP contribution is 2.40. The summed E-state index contributed by atoms with van der Waals surface area (Å²) in [7, 11) is 0. The molecule has 3 N–H and O–H groups in total. The number of hydrogen-bond acceptors (Lipinski definition) is 2. The summed E-state index contributed by atoms with van der Waals surface area (Å²) in [5.74, 6) is 0.740. The summed E-state index contributed by atoms with van der Waals surface area (Å²) in [6.07, 6.45) is 2.59. The van der Waals surface area contributed by atoms with E-state index < -0.39 is 5.54 Å². The molecule has 0 aromatic heterocycles. The molecule has 14 heavy (non-hydrogen) atoms. The van der Waals surface area contributed by atoms with Crippen molar-refractivity contribution >= 4 is 0 Å². The second-order valence-corrected chi connectivity index (χ2v) is 4.48. The molecule has 1 aromatic rings. The molecule has 1 aliphatic carbocycles. The average molecular weight is 191 g/mol. The van der Waals surface area contributed by atoms with Crippen LogP contribution in [0.5, 0.6) is 0 Å². The molecule has 0 radical (unpaired) electrons. The Kier molecular flexibility index (Phi) is 2.33. The maximum Gasteiger partial charge on any atom is 0.0650 e. The van der Waals surface area contributed by atoms with E-state index in [1.807, 2.05) is 19.1 Å². The average Bonchev–Trinajstić information content (AvgIpc) is 3.01. The van der Waals surface area contributed by atoms with Gasteiger partial charge in [0.25, 0.3) is 0 Å². The number of benzene rings is 1. The van der Waals surface area contributed by atoms with Crippen molar-refractivity contribution < 1.29 is 5.11 Å². The van der Waals surface area contributed by atoms with Crippen LogP contribution in [0.4, 0.5) is 0 Å². The fraction of sp³-hybridized carbons (Fsp3) is 0.500. The van der Waals surface area contributed by atoms with E-state index in [2.05, 4.69) is 12.1 Å². The van der Waals surface area contributed by atoms with Crippen LogP contribution in [0.2, 0.25) is 0 Å². The van der Waals surface area contributed by atoms with Crippen LogP contribution >= 0.6 is 0 Å². The molecular formula is C12H17NO. The van der Waals surface area contributed by atoms with Gasteiger partial charge in [-0.15, -0.1) is 0 Å². The maximum absolute atomic E-state index is 9.17. The highest BCUT2D eigenvalue weighted by Gasteiger charge is 2.26. The zero-order valence-electron chi connectivity index (χ0n) is 8.53. The van der Waals surface area contributed by atoms with Crippen molar-refractivity contribution in [1.82, 2.24) is 0 Å². The van der Waals surface area contributed by atoms with Gasteiger partial charge in [0.15, 0.2) is 0 Å². The summed E-state index contributed by atoms with van der Waals surface area (Å²) in [6, 6.07) is 8.30. The third kappa shape index (κ3) is 1.81. The van der Waals surface area contributed by atoms with Crippen molar-refractivity contribution in [2.24, 2.45) is 5.73 Å². The zero-order chi connectivity index (χ0) is 10.2. The second-order valence-electron chi connectivity index (χ2n) is 4.48. The molecule has 2 nitrogen and oxygen atoms in total. The van der Waals surface area contributed by atoms with Gasteiger partial charge >= 0.3 is 0 Å². The minimum atomic E-state index is -0.606. The summed E-state index contributed by atoms with van der Waals surface area (Å²) in [5.41, 5.74) is 7.77. The van der Waals surface area contributed by atoms with E-state index in [1.54, 1.807) is 0 Å². The number of rotatable bonds is 3. The monoisotopic (exact) mass is 191 g/mol. The number of aliphatic hydroxyl groups is 1. The van der Waals surface area contributed by atoms with Gasteiger partial charge in [-0.3, -0.25) is 0 Å². The summed E-state index contributed by atoms with van der Waals surface area (Å²) < 4.78 is 0. The molecule has 2 rings (SSSR count). The molecule has 0 heterocycles. The first-order chi connectivity index (χ1) is 6.63. The van der Waals surface area contributed by atoms with Crippen LogP contribution in [0, 0.1) is 0 Å². The van der Waals surface area contributed by atoms with Gasteiger partial charge in [-0.2, -0.15) is 0 Å². The molecule has 1 unspecified atom stereocenters. The van der Waals surface area contributed by atoms with Gasteiger partial charge in [0.05, 0.1) is 12.1 Å². The summed E-state index contributed by atoms with van der Waals surface area (Å²) >= 11 is 0. The normalized spacial score (nSPS) is 20.5. The van der Waals surface area contributed by atoms with Gasteiger partial charge in [0.2, 0.25) is 0 Å². The lowest BCUT2D eigenvalue weighted by molar-refractivity contribution is 0.210. The standard InChI is InChI=1S/C12H17NO/c1-12(13,8-14)11-4-2-3-10(7-11)9-5-6-9/h2-4,7,9,14H,5-6,8,13H2,1H3. The first kappa shape index (κ1) is 9.69. The van der Waals surface area contributed by atoms with E-state index in [4.69, 9.17) is 10.8 Å². The smallest absolute Gasteiger partial charge is 0.0650 e. The Morgan fingerprint density at radius 1 is 1.50 bits per heavy atom. The highest BCUT2D eigenvalue weighted by atomic mass is 16.3. The first-order valence-corrected chi connectivity index (χ1v) is 5.13. The SMILES string of the molecule is CC(N)(CO)c1cccc(C2CC2)c1. The van der Waals surface area contributed by atoms with Gasteiger partial charge in [-0.1, -0.05) is 24.3 Å². The Bertz CT molecular complexity index is 329. The minimum Gasteiger partial charge on any atom is -0.394 e. The van der Waals surface area contributed by atoms with E-state index in [-0.39, 0.29) is 6.61 Å². The fourth-order valence-corrected chi connectivity index (χ4v) is 1.66. The van der Waals surface area contributed by atoms with Gasteiger partial charge in [-0.05, 0) is 36.8 Å². The molecule has 1 aromatic carbocycles. The largest absolute Gasteiger partial charge is 0.394 e. The van der Waals surface area contributed by atoms with E-state index in [1.165, 1.54) is 18.4 Å². The second kappa shape index (κ2) is 3.37. The van der Waals surface area contributed by atoms with E-state index in [9.17, 15) is 0 Å². The molecule has 0 bridgehead atoms. The third-order valence-electron chi connectivity index (χ3n) is 2.92. The Hall–Kier alpha value is -0.860. The molecule has 1 atom stereocenters. The van der Waals surface area contributed by atoms with Crippen LogP contribution in [0.3, 0.4) is 0 Å². The Balaban J connectivity index is 2.29. The Morgan fingerprint density at radius 3 is 2.79 bits per heavy atom. The lowest BCUT2D eigenvalue weighted by Gasteiger charge is -2.22. The molecule has 76 valence electrons. The molecule has 0 aliphatic heterocycles. The zero-order valence-corrected chi connectivity index (χ0v) is 8.53. The molecule has 1 saturated carbocycles. The maximum atomic E-state index is 9.17. The quantitative estimate of drug-likeness (QED) is 0.764. The minimum absolute atomic E-state index is 0.0128. The molecular weight excluding hydrogens is 174 g/mol. The molecule has 0 spiro atoms. The van der Waals surface area contributed by atoms with Crippen LogP contribution in [0.25, 0.3) is 0 Å². The lowest BCUT2D eigenvalue weighted by atomic mass is 9.92. The number of hydrogen-bond donors (Lipinski definition) is 2. The lowest BCUT2D eigenvalue weighted by Crippen LogP contribution is -2.36. The third-order valence-corrected chi connectivity index (χ3v) is 2.92. The van der Waals surface area contributed by atoms with Crippen molar-refractivity contribution in [2.75, 3.05) is 6.61 Å². The van der Waals surface area contributed by atoms with Crippen LogP contribution in [-0.4, -0.2) is 11.7 Å². The van der Waals surface area contributed by atoms with Gasteiger partial charge in [0.1, 0.15) is 0 Å². The van der Waals surface area contributed by atoms with Crippen molar-refractivity contribution in [2.45, 2.75) is 31.2 Å². The van der Waals surface area contributed by atoms with E-state index >= 15 is 0 Å². The van der Waals surface area contributed by atoms with Crippen LogP contribution in [0.15, 0.2) is 24.3 Å². The Labute approximate surface area is 84.7 Å². The number of aliphatic hydroxyl groups excluding tert-OH is 1. The van der Waals surface area contributed by atoms with Gasteiger partial charge in [0, 0.05) is 0 Å². The fourth-order valence-electron chi connectivity index (χ4n) is 1.66. The first-order valence-electron chi connectivity index (χ1n) is 5.13. The number of nitrogens with two attached hydrogens (primary N) is 1. The van der Waals surface area contributed by atoms with Crippen LogP contribution < -0.4 is 5.73 Å². The van der Waals surface area contributed by atoms with Crippen molar-refractivity contribution in [1.29, 1.82) is 0 Å². The Morgan fingerprint density at radius 2 is 2.21 bits per heavy atom. The predicted molar refractivity (Wildman–Crippen MR) is 57.0 cm³/mol. The van der Waals surface area contributed by atoms with Crippen molar-refractivity contribution in [3.8, 4) is 0 Å². The van der Waals surface area contributed by atoms with E-state index in [0.717, 1.165) is 11.5 Å². The molecule has 1 aliphatic rings. The van der Waals surface area contributed by atoms with Gasteiger partial charge < -0.3 is 10.8 Å². The van der Waals surface area contributed by atoms with Crippen molar-refractivity contribution in [3.05, 3.63) is 35.4 Å². The van der Waals surface area contributed by atoms with Crippen LogP contribution in [-0.2, 0) is 5.54 Å². The van der Waals surface area contributed by atoms with Crippen molar-refractivity contribution in [3.63, 3.8) is 0 Å². The topological polar surface area (TPSA) is 46.2 Å². The molecule has 0 saturated heterocycles. The molecule has 0 amide bonds. The van der Waals surface area contributed by atoms with Gasteiger partial charge in [-0.25, -0.2) is 0 Å². The summed E-state index contributed by atoms with van der Waals surface area (Å²) in [5, 5.41) is 9.17. The molecule has 2 heteroatoms. The summed E-state index contributed by atoms with van der Waals surface area (Å²) in [6.45, 7) is 1.85. The highest BCUT2D eigenvalue weighted by molar-refractivity contribution is 5.32. The molecule has 1 fully saturated rings. The van der Waals surface area contributed by atoms with E-state index in [0.29, 0.717) is 0 Å². The summed E-state index contributed by atoms with van der Waals surface area (Å²) in [4.78, 5) is 0. The van der Waals surface area contributed by atoms with Crippen LogP contribution in [0.1, 0.15) is 36.8 Å². The predicted octanol–water partition coefficient (Wildman–Crippen LogP) is 1.73.